The van der Waals surface area contributed by atoms with Gasteiger partial charge in [0, 0.05) is 24.3 Å². The molecule has 2 amide bonds. The van der Waals surface area contributed by atoms with E-state index < -0.39 is 0 Å². The smallest absolute Gasteiger partial charge is 0.318 e. The number of urea groups is 1. The van der Waals surface area contributed by atoms with Crippen LogP contribution in [0.15, 0.2) is 42.5 Å². The van der Waals surface area contributed by atoms with Crippen molar-refractivity contribution in [2.45, 2.75) is 32.7 Å². The molecule has 0 aromatic heterocycles. The number of nitrogens with one attached hydrogen (secondary N) is 2. The van der Waals surface area contributed by atoms with Crippen LogP contribution in [0.1, 0.15) is 29.5 Å². The second kappa shape index (κ2) is 9.25. The number of anilines is 1. The number of hydrogen-bond acceptors (Lipinski definition) is 2. The second-order valence-electron chi connectivity index (χ2n) is 7.41. The molecule has 0 aliphatic carbocycles. The maximum absolute atomic E-state index is 11.7. The van der Waals surface area contributed by atoms with Crippen LogP contribution in [-0.2, 0) is 13.0 Å². The Bertz CT molecular complexity index is 768. The van der Waals surface area contributed by atoms with E-state index in [1.807, 2.05) is 24.3 Å². The minimum Gasteiger partial charge on any atom is -0.341 e. The van der Waals surface area contributed by atoms with Crippen molar-refractivity contribution in [2.75, 3.05) is 25.5 Å². The number of amides is 2. The van der Waals surface area contributed by atoms with Crippen LogP contribution in [0.2, 0.25) is 5.02 Å². The van der Waals surface area contributed by atoms with Gasteiger partial charge in [0.25, 0.3) is 0 Å². The molecule has 0 bridgehead atoms. The third-order valence-corrected chi connectivity index (χ3v) is 5.53. The Hall–Kier alpha value is -2.04. The lowest BCUT2D eigenvalue weighted by molar-refractivity contribution is 0.177. The van der Waals surface area contributed by atoms with Gasteiger partial charge in [0.2, 0.25) is 0 Å². The number of hydrogen-bond donors (Lipinski definition) is 2. The van der Waals surface area contributed by atoms with Gasteiger partial charge in [0.15, 0.2) is 0 Å². The number of carbonyl (C=O) groups is 1. The summed E-state index contributed by atoms with van der Waals surface area (Å²) in [6.45, 7) is 5.14. The molecule has 3 rings (SSSR count). The number of nitrogens with zero attached hydrogens (tertiary/aromatic N) is 1. The van der Waals surface area contributed by atoms with E-state index in [1.54, 1.807) is 7.05 Å². The van der Waals surface area contributed by atoms with Gasteiger partial charge in [-0.1, -0.05) is 41.4 Å². The van der Waals surface area contributed by atoms with Gasteiger partial charge < -0.3 is 10.6 Å². The average molecular weight is 386 g/mol. The molecule has 144 valence electrons. The van der Waals surface area contributed by atoms with E-state index in [-0.39, 0.29) is 6.03 Å². The summed E-state index contributed by atoms with van der Waals surface area (Å²) >= 11 is 5.98. The molecule has 1 fully saturated rings. The van der Waals surface area contributed by atoms with Crippen molar-refractivity contribution in [1.82, 2.24) is 10.2 Å². The summed E-state index contributed by atoms with van der Waals surface area (Å²) in [5, 5.41) is 6.35. The van der Waals surface area contributed by atoms with Crippen molar-refractivity contribution in [1.29, 1.82) is 0 Å². The van der Waals surface area contributed by atoms with Crippen LogP contribution in [0, 0.1) is 12.8 Å². The van der Waals surface area contributed by atoms with Crippen LogP contribution in [0.4, 0.5) is 10.5 Å². The standard InChI is InChI=1S/C22H28ClN3O/c1-16-3-8-21(25-22(27)24-2)19(13-16)15-26-11-9-18(10-12-26)14-17-4-6-20(23)7-5-17/h3-8,13,18H,9-12,14-15H2,1-2H3,(H2,24,25,27). The summed E-state index contributed by atoms with van der Waals surface area (Å²) in [6, 6.07) is 14.2. The third kappa shape index (κ3) is 5.72. The molecule has 0 unspecified atom stereocenters. The van der Waals surface area contributed by atoms with Crippen molar-refractivity contribution in [2.24, 2.45) is 5.92 Å². The minimum atomic E-state index is -0.179. The zero-order valence-corrected chi connectivity index (χ0v) is 16.9. The molecule has 1 aliphatic rings. The zero-order chi connectivity index (χ0) is 19.2. The molecule has 0 radical (unpaired) electrons. The number of halogens is 1. The van der Waals surface area contributed by atoms with Gasteiger partial charge in [-0.2, -0.15) is 0 Å². The summed E-state index contributed by atoms with van der Waals surface area (Å²) in [7, 11) is 1.63. The first-order valence-corrected chi connectivity index (χ1v) is 9.96. The Labute approximate surface area is 166 Å². The number of carbonyl (C=O) groups excluding carboxylic acids is 1. The lowest BCUT2D eigenvalue weighted by atomic mass is 9.90. The Balaban J connectivity index is 1.56. The van der Waals surface area contributed by atoms with Crippen molar-refractivity contribution in [3.63, 3.8) is 0 Å². The van der Waals surface area contributed by atoms with Crippen molar-refractivity contribution in [3.05, 3.63) is 64.2 Å². The summed E-state index contributed by atoms with van der Waals surface area (Å²) in [5.74, 6) is 0.725. The van der Waals surface area contributed by atoms with Gasteiger partial charge in [-0.3, -0.25) is 4.90 Å². The maximum atomic E-state index is 11.7. The number of likely N-dealkylation sites (tertiary alicyclic amines) is 1. The third-order valence-electron chi connectivity index (χ3n) is 5.27. The molecule has 2 aromatic carbocycles. The molecule has 2 N–H and O–H groups in total. The van der Waals surface area contributed by atoms with Gasteiger partial charge >= 0.3 is 6.03 Å². The number of rotatable bonds is 5. The molecule has 1 saturated heterocycles. The predicted octanol–water partition coefficient (Wildman–Crippen LogP) is 4.85. The Kier molecular flexibility index (Phi) is 6.75. The first-order chi connectivity index (χ1) is 13.0. The highest BCUT2D eigenvalue weighted by molar-refractivity contribution is 6.30. The molecular formula is C22H28ClN3O. The highest BCUT2D eigenvalue weighted by Crippen LogP contribution is 2.26. The van der Waals surface area contributed by atoms with Crippen LogP contribution in [0.3, 0.4) is 0 Å². The molecule has 4 nitrogen and oxygen atoms in total. The number of aryl methyl sites for hydroxylation is 1. The van der Waals surface area contributed by atoms with Crippen LogP contribution >= 0.6 is 11.6 Å². The van der Waals surface area contributed by atoms with E-state index in [0.717, 1.165) is 42.7 Å². The average Bonchev–Trinajstić information content (AvgIpc) is 2.67. The molecule has 27 heavy (non-hydrogen) atoms. The first-order valence-electron chi connectivity index (χ1n) is 9.58. The fourth-order valence-corrected chi connectivity index (χ4v) is 3.83. The fraction of sp³-hybridized carbons (Fsp3) is 0.409. The topological polar surface area (TPSA) is 44.4 Å². The lowest BCUT2D eigenvalue weighted by Gasteiger charge is -2.32. The molecule has 0 atom stereocenters. The fourth-order valence-electron chi connectivity index (χ4n) is 3.70. The van der Waals surface area contributed by atoms with Gasteiger partial charge in [0.1, 0.15) is 0 Å². The lowest BCUT2D eigenvalue weighted by Crippen LogP contribution is -2.34. The molecule has 1 aliphatic heterocycles. The molecule has 5 heteroatoms. The molecule has 2 aromatic rings. The summed E-state index contributed by atoms with van der Waals surface area (Å²) in [5.41, 5.74) is 4.65. The van der Waals surface area contributed by atoms with Crippen LogP contribution in [0.5, 0.6) is 0 Å². The Morgan fingerprint density at radius 2 is 1.85 bits per heavy atom. The van der Waals surface area contributed by atoms with Gasteiger partial charge in [-0.15, -0.1) is 0 Å². The van der Waals surface area contributed by atoms with E-state index in [2.05, 4.69) is 40.7 Å². The summed E-state index contributed by atoms with van der Waals surface area (Å²) < 4.78 is 0. The highest BCUT2D eigenvalue weighted by atomic mass is 35.5. The van der Waals surface area contributed by atoms with E-state index in [0.29, 0.717) is 0 Å². The van der Waals surface area contributed by atoms with Crippen molar-refractivity contribution < 1.29 is 4.79 Å². The van der Waals surface area contributed by atoms with Gasteiger partial charge in [0.05, 0.1) is 0 Å². The molecular weight excluding hydrogens is 358 g/mol. The largest absolute Gasteiger partial charge is 0.341 e. The number of piperidine rings is 1. The van der Waals surface area contributed by atoms with Crippen molar-refractivity contribution in [3.8, 4) is 0 Å². The maximum Gasteiger partial charge on any atom is 0.318 e. The van der Waals surface area contributed by atoms with Crippen LogP contribution in [-0.4, -0.2) is 31.1 Å². The highest BCUT2D eigenvalue weighted by Gasteiger charge is 2.20. The Morgan fingerprint density at radius 3 is 2.52 bits per heavy atom. The number of benzene rings is 2. The minimum absolute atomic E-state index is 0.179. The van der Waals surface area contributed by atoms with Crippen molar-refractivity contribution >= 4 is 23.3 Å². The zero-order valence-electron chi connectivity index (χ0n) is 16.1. The second-order valence-corrected chi connectivity index (χ2v) is 7.85. The van der Waals surface area contributed by atoms with Crippen LogP contribution < -0.4 is 10.6 Å². The van der Waals surface area contributed by atoms with E-state index in [9.17, 15) is 4.79 Å². The van der Waals surface area contributed by atoms with E-state index in [4.69, 9.17) is 11.6 Å². The SMILES string of the molecule is CNC(=O)Nc1ccc(C)cc1CN1CCC(Cc2ccc(Cl)cc2)CC1. The van der Waals surface area contributed by atoms with Gasteiger partial charge in [-0.25, -0.2) is 4.79 Å². The monoisotopic (exact) mass is 385 g/mol. The molecule has 0 spiro atoms. The predicted molar refractivity (Wildman–Crippen MR) is 112 cm³/mol. The van der Waals surface area contributed by atoms with Gasteiger partial charge in [-0.05, 0) is 74.5 Å². The van der Waals surface area contributed by atoms with E-state index >= 15 is 0 Å². The summed E-state index contributed by atoms with van der Waals surface area (Å²) in [6.07, 6.45) is 3.53. The summed E-state index contributed by atoms with van der Waals surface area (Å²) in [4.78, 5) is 14.2. The Morgan fingerprint density at radius 1 is 1.15 bits per heavy atom. The normalized spacial score (nSPS) is 15.5. The quantitative estimate of drug-likeness (QED) is 0.772. The first kappa shape index (κ1) is 19.7. The van der Waals surface area contributed by atoms with E-state index in [1.165, 1.54) is 29.5 Å². The van der Waals surface area contributed by atoms with Crippen LogP contribution in [0.25, 0.3) is 0 Å². The molecule has 0 saturated carbocycles. The molecule has 1 heterocycles.